The molecular weight excluding hydrogens is 274 g/mol. The summed E-state index contributed by atoms with van der Waals surface area (Å²) >= 11 is 0. The number of rotatable bonds is 7. The average molecular weight is 299 g/mol. The molecule has 120 valence electrons. The first-order chi connectivity index (χ1) is 9.93. The molecule has 21 heavy (non-hydrogen) atoms. The van der Waals surface area contributed by atoms with Crippen LogP contribution < -0.4 is 11.1 Å². The minimum atomic E-state index is -0.811. The topological polar surface area (TPSA) is 113 Å². The van der Waals surface area contributed by atoms with E-state index >= 15 is 0 Å². The molecule has 2 atom stereocenters. The van der Waals surface area contributed by atoms with Gasteiger partial charge >= 0.3 is 12.0 Å². The van der Waals surface area contributed by atoms with E-state index in [0.717, 1.165) is 25.7 Å². The number of nitrogens with zero attached hydrogens (tertiary/aromatic N) is 1. The number of hydrogen-bond donors (Lipinski definition) is 3. The number of aliphatic carboxylic acids is 1. The highest BCUT2D eigenvalue weighted by molar-refractivity contribution is 5.83. The molecule has 1 aliphatic rings. The summed E-state index contributed by atoms with van der Waals surface area (Å²) in [6.45, 7) is 2.36. The van der Waals surface area contributed by atoms with Crippen molar-refractivity contribution in [1.82, 2.24) is 10.2 Å². The first-order valence-corrected chi connectivity index (χ1v) is 7.50. The number of nitrogens with two attached hydrogens (primary N) is 1. The summed E-state index contributed by atoms with van der Waals surface area (Å²) in [4.78, 5) is 35.6. The number of hydrogen-bond acceptors (Lipinski definition) is 3. The third kappa shape index (κ3) is 6.01. The zero-order valence-electron chi connectivity index (χ0n) is 12.5. The summed E-state index contributed by atoms with van der Waals surface area (Å²) in [6, 6.07) is -0.484. The molecular formula is C14H25N3O4. The summed E-state index contributed by atoms with van der Waals surface area (Å²) in [5.41, 5.74) is 5.16. The molecule has 4 N–H and O–H groups in total. The molecule has 0 heterocycles. The lowest BCUT2D eigenvalue weighted by Gasteiger charge is -2.30. The SMILES string of the molecule is CCCCN(CC(N)=O)C(=O)NC1CCCC(C(=O)O)C1. The molecule has 1 aliphatic carbocycles. The summed E-state index contributed by atoms with van der Waals surface area (Å²) in [5, 5.41) is 11.9. The molecule has 0 aromatic carbocycles. The standard InChI is InChI=1S/C14H25N3O4/c1-2-3-7-17(9-12(15)18)14(21)16-11-6-4-5-10(8-11)13(19)20/h10-11H,2-9H2,1H3,(H2,15,18)(H,16,21)(H,19,20). The number of carboxylic acid groups (broad SMARTS) is 1. The molecule has 2 unspecified atom stereocenters. The van der Waals surface area contributed by atoms with Gasteiger partial charge in [-0.1, -0.05) is 19.8 Å². The third-order valence-corrected chi connectivity index (χ3v) is 3.77. The predicted molar refractivity (Wildman–Crippen MR) is 77.6 cm³/mol. The predicted octanol–water partition coefficient (Wildman–Crippen LogP) is 0.927. The fourth-order valence-electron chi connectivity index (χ4n) is 2.60. The van der Waals surface area contributed by atoms with Crippen LogP contribution in [-0.4, -0.2) is 47.0 Å². The van der Waals surface area contributed by atoms with E-state index < -0.39 is 17.8 Å². The molecule has 0 saturated heterocycles. The van der Waals surface area contributed by atoms with Gasteiger partial charge in [-0.2, -0.15) is 0 Å². The molecule has 0 aromatic heterocycles. The average Bonchev–Trinajstić information content (AvgIpc) is 2.43. The molecule has 0 bridgehead atoms. The van der Waals surface area contributed by atoms with Gasteiger partial charge in [0.15, 0.2) is 0 Å². The molecule has 1 rings (SSSR count). The fourth-order valence-corrected chi connectivity index (χ4v) is 2.60. The molecule has 7 heteroatoms. The van der Waals surface area contributed by atoms with E-state index in [1.165, 1.54) is 4.90 Å². The van der Waals surface area contributed by atoms with Crippen molar-refractivity contribution in [1.29, 1.82) is 0 Å². The maximum atomic E-state index is 12.2. The Hall–Kier alpha value is -1.79. The van der Waals surface area contributed by atoms with Gasteiger partial charge < -0.3 is 21.1 Å². The van der Waals surface area contributed by atoms with Crippen molar-refractivity contribution in [2.75, 3.05) is 13.1 Å². The summed E-state index contributed by atoms with van der Waals surface area (Å²) in [7, 11) is 0. The molecule has 7 nitrogen and oxygen atoms in total. The third-order valence-electron chi connectivity index (χ3n) is 3.77. The fraction of sp³-hybridized carbons (Fsp3) is 0.786. The second-order valence-electron chi connectivity index (χ2n) is 5.59. The number of carbonyl (C=O) groups excluding carboxylic acids is 2. The van der Waals surface area contributed by atoms with Crippen molar-refractivity contribution in [3.8, 4) is 0 Å². The van der Waals surface area contributed by atoms with E-state index in [2.05, 4.69) is 5.32 Å². The van der Waals surface area contributed by atoms with Gasteiger partial charge in [-0.25, -0.2) is 4.79 Å². The van der Waals surface area contributed by atoms with E-state index in [4.69, 9.17) is 10.8 Å². The highest BCUT2D eigenvalue weighted by Gasteiger charge is 2.29. The number of urea groups is 1. The number of unbranched alkanes of at least 4 members (excludes halogenated alkanes) is 1. The monoisotopic (exact) mass is 299 g/mol. The number of nitrogens with one attached hydrogen (secondary N) is 1. The van der Waals surface area contributed by atoms with Crippen molar-refractivity contribution in [2.24, 2.45) is 11.7 Å². The van der Waals surface area contributed by atoms with Gasteiger partial charge in [-0.3, -0.25) is 9.59 Å². The number of amides is 3. The molecule has 1 fully saturated rings. The van der Waals surface area contributed by atoms with Crippen LogP contribution in [0, 0.1) is 5.92 Å². The van der Waals surface area contributed by atoms with Crippen LogP contribution in [0.5, 0.6) is 0 Å². The van der Waals surface area contributed by atoms with Crippen molar-refractivity contribution in [3.63, 3.8) is 0 Å². The van der Waals surface area contributed by atoms with Gasteiger partial charge in [0.1, 0.15) is 6.54 Å². The summed E-state index contributed by atoms with van der Waals surface area (Å²) in [6.07, 6.45) is 4.36. The van der Waals surface area contributed by atoms with Crippen LogP contribution in [0.4, 0.5) is 4.79 Å². The smallest absolute Gasteiger partial charge is 0.318 e. The highest BCUT2D eigenvalue weighted by atomic mass is 16.4. The van der Waals surface area contributed by atoms with Gasteiger partial charge in [0.25, 0.3) is 0 Å². The largest absolute Gasteiger partial charge is 0.481 e. The minimum Gasteiger partial charge on any atom is -0.481 e. The first-order valence-electron chi connectivity index (χ1n) is 7.50. The number of primary amides is 1. The van der Waals surface area contributed by atoms with Gasteiger partial charge in [0, 0.05) is 12.6 Å². The van der Waals surface area contributed by atoms with Gasteiger partial charge in [-0.15, -0.1) is 0 Å². The lowest BCUT2D eigenvalue weighted by molar-refractivity contribution is -0.143. The first kappa shape index (κ1) is 17.3. The van der Waals surface area contributed by atoms with E-state index in [1.54, 1.807) is 0 Å². The molecule has 0 spiro atoms. The second-order valence-corrected chi connectivity index (χ2v) is 5.59. The van der Waals surface area contributed by atoms with Crippen LogP contribution in [-0.2, 0) is 9.59 Å². The Labute approximate surface area is 124 Å². The van der Waals surface area contributed by atoms with Crippen LogP contribution in [0.1, 0.15) is 45.4 Å². The summed E-state index contributed by atoms with van der Waals surface area (Å²) < 4.78 is 0. The van der Waals surface area contributed by atoms with E-state index in [-0.39, 0.29) is 18.6 Å². The van der Waals surface area contributed by atoms with E-state index in [0.29, 0.717) is 19.4 Å². The van der Waals surface area contributed by atoms with E-state index in [1.807, 2.05) is 6.92 Å². The Morgan fingerprint density at radius 1 is 1.33 bits per heavy atom. The number of carbonyl (C=O) groups is 3. The molecule has 1 saturated carbocycles. The zero-order valence-corrected chi connectivity index (χ0v) is 12.5. The molecule has 3 amide bonds. The van der Waals surface area contributed by atoms with Crippen molar-refractivity contribution < 1.29 is 19.5 Å². The normalized spacial score (nSPS) is 21.6. The van der Waals surface area contributed by atoms with Crippen LogP contribution in [0.3, 0.4) is 0 Å². The van der Waals surface area contributed by atoms with Gasteiger partial charge in [0.05, 0.1) is 5.92 Å². The molecule has 0 radical (unpaired) electrons. The molecule has 0 aromatic rings. The lowest BCUT2D eigenvalue weighted by Crippen LogP contribution is -2.49. The van der Waals surface area contributed by atoms with Crippen molar-refractivity contribution >= 4 is 17.9 Å². The Bertz CT molecular complexity index is 386. The highest BCUT2D eigenvalue weighted by Crippen LogP contribution is 2.24. The quantitative estimate of drug-likeness (QED) is 0.649. The lowest BCUT2D eigenvalue weighted by atomic mass is 9.86. The molecule has 0 aliphatic heterocycles. The Kier molecular flexibility index (Phi) is 6.98. The van der Waals surface area contributed by atoms with E-state index in [9.17, 15) is 14.4 Å². The van der Waals surface area contributed by atoms with Gasteiger partial charge in [-0.05, 0) is 25.7 Å². The maximum absolute atomic E-state index is 12.2. The Balaban J connectivity index is 2.54. The van der Waals surface area contributed by atoms with Crippen molar-refractivity contribution in [3.05, 3.63) is 0 Å². The number of carboxylic acids is 1. The van der Waals surface area contributed by atoms with Crippen LogP contribution in [0.2, 0.25) is 0 Å². The minimum absolute atomic E-state index is 0.110. The zero-order chi connectivity index (χ0) is 15.8. The van der Waals surface area contributed by atoms with Crippen LogP contribution in [0.25, 0.3) is 0 Å². The van der Waals surface area contributed by atoms with Crippen LogP contribution in [0.15, 0.2) is 0 Å². The van der Waals surface area contributed by atoms with Gasteiger partial charge in [0.2, 0.25) is 5.91 Å². The second kappa shape index (κ2) is 8.49. The van der Waals surface area contributed by atoms with Crippen molar-refractivity contribution in [2.45, 2.75) is 51.5 Å². The maximum Gasteiger partial charge on any atom is 0.318 e. The Morgan fingerprint density at radius 2 is 2.05 bits per heavy atom. The van der Waals surface area contributed by atoms with Crippen LogP contribution >= 0.6 is 0 Å². The summed E-state index contributed by atoms with van der Waals surface area (Å²) in [5.74, 6) is -1.76. The Morgan fingerprint density at radius 3 is 2.62 bits per heavy atom.